The van der Waals surface area contributed by atoms with Crippen LogP contribution in [0.5, 0.6) is 0 Å². The quantitative estimate of drug-likeness (QED) is 0.682. The molecule has 0 amide bonds. The summed E-state index contributed by atoms with van der Waals surface area (Å²) in [5, 5.41) is 9.93. The summed E-state index contributed by atoms with van der Waals surface area (Å²) >= 11 is 3.20. The van der Waals surface area contributed by atoms with E-state index in [1.165, 1.54) is 0 Å². The zero-order valence-corrected chi connectivity index (χ0v) is 11.1. The Morgan fingerprint density at radius 2 is 2.33 bits per heavy atom. The molecule has 0 aromatic carbocycles. The van der Waals surface area contributed by atoms with Crippen LogP contribution < -0.4 is 0 Å². The van der Waals surface area contributed by atoms with Crippen molar-refractivity contribution in [1.29, 1.82) is 0 Å². The minimum atomic E-state index is 0.408. The molecule has 0 aliphatic heterocycles. The molecule has 0 N–H and O–H groups in total. The number of thioether (sulfide) groups is 1. The van der Waals surface area contributed by atoms with Gasteiger partial charge in [-0.05, 0) is 19.1 Å². The summed E-state index contributed by atoms with van der Waals surface area (Å²) in [6.45, 7) is 1.97. The standard InChI is InChI=1S/C11H9N3O2S2/c1-7-5-17-11(12-7)18-6-9-13-14-10(16-9)8-3-2-4-15-8/h2-5H,6H2,1H3. The van der Waals surface area contributed by atoms with E-state index in [-0.39, 0.29) is 0 Å². The Hall–Kier alpha value is -1.60. The molecule has 18 heavy (non-hydrogen) atoms. The topological polar surface area (TPSA) is 65.0 Å². The lowest BCUT2D eigenvalue weighted by Crippen LogP contribution is -1.80. The molecule has 3 aromatic heterocycles. The van der Waals surface area contributed by atoms with Crippen LogP contribution in [0.25, 0.3) is 11.7 Å². The van der Waals surface area contributed by atoms with Gasteiger partial charge in [-0.1, -0.05) is 11.8 Å². The first kappa shape index (κ1) is 11.5. The van der Waals surface area contributed by atoms with Crippen LogP contribution in [0.3, 0.4) is 0 Å². The molecule has 0 unspecified atom stereocenters. The fourth-order valence-corrected chi connectivity index (χ4v) is 3.02. The van der Waals surface area contributed by atoms with Crippen molar-refractivity contribution in [2.75, 3.05) is 0 Å². The van der Waals surface area contributed by atoms with E-state index >= 15 is 0 Å². The zero-order chi connectivity index (χ0) is 12.4. The van der Waals surface area contributed by atoms with Crippen molar-refractivity contribution in [2.24, 2.45) is 0 Å². The second-order valence-electron chi connectivity index (χ2n) is 3.52. The number of furan rings is 1. The molecule has 92 valence electrons. The van der Waals surface area contributed by atoms with Gasteiger partial charge in [0.1, 0.15) is 0 Å². The summed E-state index contributed by atoms with van der Waals surface area (Å²) in [4.78, 5) is 4.36. The lowest BCUT2D eigenvalue weighted by molar-refractivity contribution is 0.494. The Morgan fingerprint density at radius 1 is 1.39 bits per heavy atom. The number of aryl methyl sites for hydroxylation is 1. The van der Waals surface area contributed by atoms with Gasteiger partial charge < -0.3 is 8.83 Å². The van der Waals surface area contributed by atoms with E-state index in [9.17, 15) is 0 Å². The first-order valence-corrected chi connectivity index (χ1v) is 7.09. The van der Waals surface area contributed by atoms with Crippen molar-refractivity contribution >= 4 is 23.1 Å². The van der Waals surface area contributed by atoms with Crippen LogP contribution in [0, 0.1) is 6.92 Å². The summed E-state index contributed by atoms with van der Waals surface area (Å²) in [7, 11) is 0. The van der Waals surface area contributed by atoms with Crippen LogP contribution in [0.2, 0.25) is 0 Å². The van der Waals surface area contributed by atoms with Gasteiger partial charge in [0.25, 0.3) is 5.89 Å². The molecular formula is C11H9N3O2S2. The molecule has 5 nitrogen and oxygen atoms in total. The third-order valence-electron chi connectivity index (χ3n) is 2.12. The summed E-state index contributed by atoms with van der Waals surface area (Å²) in [6.07, 6.45) is 1.58. The second-order valence-corrected chi connectivity index (χ2v) is 5.60. The predicted octanol–water partition coefficient (Wildman–Crippen LogP) is 3.39. The van der Waals surface area contributed by atoms with Crippen LogP contribution in [0.1, 0.15) is 11.6 Å². The van der Waals surface area contributed by atoms with Crippen LogP contribution in [-0.2, 0) is 5.75 Å². The maximum atomic E-state index is 5.50. The molecule has 0 spiro atoms. The first-order valence-electron chi connectivity index (χ1n) is 5.22. The van der Waals surface area contributed by atoms with Crippen molar-refractivity contribution in [3.8, 4) is 11.7 Å². The number of hydrogen-bond donors (Lipinski definition) is 0. The van der Waals surface area contributed by atoms with E-state index < -0.39 is 0 Å². The normalized spacial score (nSPS) is 10.9. The van der Waals surface area contributed by atoms with Gasteiger partial charge in [-0.25, -0.2) is 4.98 Å². The van der Waals surface area contributed by atoms with Crippen LogP contribution in [-0.4, -0.2) is 15.2 Å². The zero-order valence-electron chi connectivity index (χ0n) is 9.49. The van der Waals surface area contributed by atoms with Gasteiger partial charge in [0.05, 0.1) is 12.0 Å². The minimum Gasteiger partial charge on any atom is -0.459 e. The number of hydrogen-bond acceptors (Lipinski definition) is 7. The van der Waals surface area contributed by atoms with Crippen molar-refractivity contribution in [2.45, 2.75) is 17.0 Å². The Labute approximate surface area is 111 Å². The lowest BCUT2D eigenvalue weighted by atomic mass is 10.5. The summed E-state index contributed by atoms with van der Waals surface area (Å²) < 4.78 is 11.7. The molecule has 0 radical (unpaired) electrons. The van der Waals surface area contributed by atoms with Gasteiger partial charge in [-0.2, -0.15) is 0 Å². The van der Waals surface area contributed by atoms with Gasteiger partial charge in [0, 0.05) is 11.1 Å². The van der Waals surface area contributed by atoms with Gasteiger partial charge in [-0.3, -0.25) is 0 Å². The molecule has 7 heteroatoms. The predicted molar refractivity (Wildman–Crippen MR) is 68.4 cm³/mol. The molecule has 0 saturated carbocycles. The minimum absolute atomic E-state index is 0.408. The van der Waals surface area contributed by atoms with E-state index in [1.807, 2.05) is 12.3 Å². The number of rotatable bonds is 4. The Bertz CT molecular complexity index is 630. The molecule has 0 aliphatic carbocycles. The number of aromatic nitrogens is 3. The van der Waals surface area contributed by atoms with Crippen LogP contribution in [0.4, 0.5) is 0 Å². The smallest absolute Gasteiger partial charge is 0.283 e. The maximum Gasteiger partial charge on any atom is 0.283 e. The molecule has 0 fully saturated rings. The van der Waals surface area contributed by atoms with Gasteiger partial charge in [0.15, 0.2) is 10.1 Å². The SMILES string of the molecule is Cc1csc(SCc2nnc(-c3ccco3)o2)n1. The maximum absolute atomic E-state index is 5.50. The average Bonchev–Trinajstić information content (AvgIpc) is 3.07. The van der Waals surface area contributed by atoms with E-state index in [2.05, 4.69) is 15.2 Å². The lowest BCUT2D eigenvalue weighted by Gasteiger charge is -1.91. The third kappa shape index (κ3) is 2.46. The van der Waals surface area contributed by atoms with E-state index in [0.717, 1.165) is 10.0 Å². The van der Waals surface area contributed by atoms with E-state index in [4.69, 9.17) is 8.83 Å². The van der Waals surface area contributed by atoms with Gasteiger partial charge >= 0.3 is 0 Å². The summed E-state index contributed by atoms with van der Waals surface area (Å²) in [6, 6.07) is 3.57. The second kappa shape index (κ2) is 4.95. The molecule has 3 heterocycles. The Morgan fingerprint density at radius 3 is 3.06 bits per heavy atom. The third-order valence-corrected chi connectivity index (χ3v) is 4.24. The molecule has 3 aromatic rings. The average molecular weight is 279 g/mol. The highest BCUT2D eigenvalue weighted by atomic mass is 32.2. The number of thiazole rings is 1. The molecule has 0 saturated heterocycles. The first-order chi connectivity index (χ1) is 8.81. The molecule has 0 atom stereocenters. The largest absolute Gasteiger partial charge is 0.459 e. The van der Waals surface area contributed by atoms with Crippen LogP contribution >= 0.6 is 23.1 Å². The van der Waals surface area contributed by atoms with Crippen molar-refractivity contribution < 1.29 is 8.83 Å². The van der Waals surface area contributed by atoms with Crippen molar-refractivity contribution in [3.05, 3.63) is 35.4 Å². The Kier molecular flexibility index (Phi) is 3.16. The monoisotopic (exact) mass is 279 g/mol. The number of nitrogens with zero attached hydrogens (tertiary/aromatic N) is 3. The summed E-state index contributed by atoms with van der Waals surface area (Å²) in [5.41, 5.74) is 1.03. The van der Waals surface area contributed by atoms with Crippen molar-refractivity contribution in [1.82, 2.24) is 15.2 Å². The van der Waals surface area contributed by atoms with E-state index in [1.54, 1.807) is 41.5 Å². The van der Waals surface area contributed by atoms with Crippen molar-refractivity contribution in [3.63, 3.8) is 0 Å². The highest BCUT2D eigenvalue weighted by Gasteiger charge is 2.11. The molecular weight excluding hydrogens is 270 g/mol. The van der Waals surface area contributed by atoms with Gasteiger partial charge in [0.2, 0.25) is 5.89 Å². The fraction of sp³-hybridized carbons (Fsp3) is 0.182. The van der Waals surface area contributed by atoms with Gasteiger partial charge in [-0.15, -0.1) is 21.5 Å². The van der Waals surface area contributed by atoms with E-state index in [0.29, 0.717) is 23.3 Å². The molecule has 3 rings (SSSR count). The molecule has 0 bridgehead atoms. The Balaban J connectivity index is 1.67. The molecule has 0 aliphatic rings. The highest BCUT2D eigenvalue weighted by Crippen LogP contribution is 2.26. The fourth-order valence-electron chi connectivity index (χ4n) is 1.33. The highest BCUT2D eigenvalue weighted by molar-refractivity contribution is 8.00. The van der Waals surface area contributed by atoms with Crippen LogP contribution in [0.15, 0.2) is 36.9 Å². The summed E-state index contributed by atoms with van der Waals surface area (Å²) in [5.74, 6) is 2.18.